The maximum absolute atomic E-state index is 12.9. The van der Waals surface area contributed by atoms with Crippen molar-refractivity contribution < 1.29 is 27.8 Å². The van der Waals surface area contributed by atoms with Gasteiger partial charge in [0, 0.05) is 25.3 Å². The summed E-state index contributed by atoms with van der Waals surface area (Å²) in [6, 6.07) is 8.54. The molecule has 1 saturated heterocycles. The maximum atomic E-state index is 12.9. The number of hydrogen-bond acceptors (Lipinski definition) is 4. The predicted molar refractivity (Wildman–Crippen MR) is 105 cm³/mol. The Morgan fingerprint density at radius 3 is 2.43 bits per heavy atom. The zero-order valence-electron chi connectivity index (χ0n) is 16.3. The molecule has 1 N–H and O–H groups in total. The molecule has 0 spiro atoms. The highest BCUT2D eigenvalue weighted by molar-refractivity contribution is 5.87. The number of hydrogen-bond donors (Lipinski definition) is 1. The first kappa shape index (κ1) is 20.7. The van der Waals surface area contributed by atoms with Gasteiger partial charge >= 0.3 is 12.1 Å². The van der Waals surface area contributed by atoms with Gasteiger partial charge in [0.05, 0.1) is 23.8 Å². The number of benzene rings is 1. The normalized spacial score (nSPS) is 21.8. The van der Waals surface area contributed by atoms with E-state index in [9.17, 15) is 18.0 Å². The van der Waals surface area contributed by atoms with Gasteiger partial charge in [0.25, 0.3) is 0 Å². The summed E-state index contributed by atoms with van der Waals surface area (Å²) in [7, 11) is 0. The molecule has 160 valence electrons. The molecule has 5 nitrogen and oxygen atoms in total. The van der Waals surface area contributed by atoms with E-state index in [4.69, 9.17) is 9.84 Å². The first-order valence-electron chi connectivity index (χ1n) is 10.0. The number of pyridine rings is 1. The fourth-order valence-electron chi connectivity index (χ4n) is 3.88. The summed E-state index contributed by atoms with van der Waals surface area (Å²) >= 11 is 0. The minimum atomic E-state index is -4.35. The summed E-state index contributed by atoms with van der Waals surface area (Å²) in [5.41, 5.74) is 0.301. The van der Waals surface area contributed by atoms with Crippen molar-refractivity contribution in [2.24, 2.45) is 5.92 Å². The molecule has 0 radical (unpaired) electrons. The molecule has 1 aliphatic carbocycles. The molecule has 1 aliphatic heterocycles. The average molecular weight is 420 g/mol. The van der Waals surface area contributed by atoms with Crippen LogP contribution in [0.5, 0.6) is 0 Å². The van der Waals surface area contributed by atoms with Crippen LogP contribution in [-0.2, 0) is 10.9 Å². The molecule has 2 aromatic rings. The van der Waals surface area contributed by atoms with Gasteiger partial charge in [0.1, 0.15) is 5.82 Å². The van der Waals surface area contributed by atoms with E-state index in [2.05, 4.69) is 9.88 Å². The van der Waals surface area contributed by atoms with Gasteiger partial charge < -0.3 is 14.7 Å². The summed E-state index contributed by atoms with van der Waals surface area (Å²) in [6.07, 6.45) is 0.0976. The Labute approximate surface area is 172 Å². The average Bonchev–Trinajstić information content (AvgIpc) is 3.45. The topological polar surface area (TPSA) is 62.7 Å². The van der Waals surface area contributed by atoms with E-state index in [1.807, 2.05) is 0 Å². The minimum Gasteiger partial charge on any atom is -0.478 e. The van der Waals surface area contributed by atoms with Crippen molar-refractivity contribution in [1.29, 1.82) is 0 Å². The highest BCUT2D eigenvalue weighted by atomic mass is 19.4. The Kier molecular flexibility index (Phi) is 5.69. The lowest BCUT2D eigenvalue weighted by Gasteiger charge is -2.25. The minimum absolute atomic E-state index is 0.0271. The summed E-state index contributed by atoms with van der Waals surface area (Å²) in [6.45, 7) is 1.82. The Hall–Kier alpha value is -2.61. The zero-order chi connectivity index (χ0) is 21.3. The number of alkyl halides is 3. The largest absolute Gasteiger partial charge is 0.478 e. The number of carboxylic acid groups (broad SMARTS) is 1. The monoisotopic (exact) mass is 420 g/mol. The van der Waals surface area contributed by atoms with Crippen molar-refractivity contribution in [3.8, 4) is 0 Å². The maximum Gasteiger partial charge on any atom is 0.416 e. The van der Waals surface area contributed by atoms with Gasteiger partial charge in [0.2, 0.25) is 0 Å². The third kappa shape index (κ3) is 4.75. The molecule has 1 aromatic heterocycles. The van der Waals surface area contributed by atoms with E-state index < -0.39 is 17.7 Å². The highest BCUT2D eigenvalue weighted by Crippen LogP contribution is 2.37. The number of rotatable bonds is 7. The second kappa shape index (κ2) is 8.26. The van der Waals surface area contributed by atoms with Gasteiger partial charge in [-0.2, -0.15) is 13.2 Å². The van der Waals surface area contributed by atoms with E-state index in [0.717, 1.165) is 30.7 Å². The smallest absolute Gasteiger partial charge is 0.416 e. The number of nitrogens with zero attached hydrogens (tertiary/aromatic N) is 2. The van der Waals surface area contributed by atoms with Crippen molar-refractivity contribution >= 4 is 11.8 Å². The van der Waals surface area contributed by atoms with E-state index >= 15 is 0 Å². The summed E-state index contributed by atoms with van der Waals surface area (Å²) in [5.74, 6) is 0.290. The fraction of sp³-hybridized carbons (Fsp3) is 0.455. The molecule has 30 heavy (non-hydrogen) atoms. The van der Waals surface area contributed by atoms with Crippen molar-refractivity contribution in [3.05, 3.63) is 59.3 Å². The molecule has 0 bridgehead atoms. The Morgan fingerprint density at radius 2 is 1.87 bits per heavy atom. The van der Waals surface area contributed by atoms with E-state index in [-0.39, 0.29) is 17.5 Å². The molecule has 8 heteroatoms. The standard InChI is InChI=1S/C22H23F3N2O3/c23-22(24,25)18-6-3-15(4-7-18)17-9-19(13-30-12-14-1-2-14)27(11-17)20-8-5-16(10-26-20)21(28)29/h3-8,10,14,17,19H,1-2,9,11-13H2,(H,28,29)/t17?,19-/m0/s1. The van der Waals surface area contributed by atoms with E-state index in [1.165, 1.54) is 25.1 Å². The van der Waals surface area contributed by atoms with Crippen LogP contribution < -0.4 is 4.90 Å². The van der Waals surface area contributed by atoms with Crippen molar-refractivity contribution in [2.45, 2.75) is 37.4 Å². The van der Waals surface area contributed by atoms with E-state index in [1.54, 1.807) is 18.2 Å². The van der Waals surface area contributed by atoms with Crippen LogP contribution in [0.3, 0.4) is 0 Å². The molecule has 1 saturated carbocycles. The second-order valence-electron chi connectivity index (χ2n) is 8.05. The SMILES string of the molecule is O=C(O)c1ccc(N2CC(c3ccc(C(F)(F)F)cc3)C[C@H]2COCC2CC2)nc1. The number of aromatic carboxylic acids is 1. The van der Waals surface area contributed by atoms with Gasteiger partial charge in [0.15, 0.2) is 0 Å². The van der Waals surface area contributed by atoms with Gasteiger partial charge in [-0.1, -0.05) is 12.1 Å². The van der Waals surface area contributed by atoms with Crippen molar-refractivity contribution in [2.75, 3.05) is 24.7 Å². The van der Waals surface area contributed by atoms with Crippen LogP contribution in [0.15, 0.2) is 42.6 Å². The number of ether oxygens (including phenoxy) is 1. The van der Waals surface area contributed by atoms with Crippen LogP contribution >= 0.6 is 0 Å². The molecular weight excluding hydrogens is 397 g/mol. The molecule has 1 aromatic carbocycles. The van der Waals surface area contributed by atoms with Crippen LogP contribution in [0.2, 0.25) is 0 Å². The number of carbonyl (C=O) groups is 1. The van der Waals surface area contributed by atoms with Gasteiger partial charge in [-0.25, -0.2) is 9.78 Å². The van der Waals surface area contributed by atoms with E-state index in [0.29, 0.717) is 24.9 Å². The van der Waals surface area contributed by atoms with Crippen LogP contribution in [0, 0.1) is 5.92 Å². The number of halogens is 3. The number of aromatic nitrogens is 1. The lowest BCUT2D eigenvalue weighted by atomic mass is 9.95. The van der Waals surface area contributed by atoms with Crippen molar-refractivity contribution in [3.63, 3.8) is 0 Å². The third-order valence-electron chi connectivity index (χ3n) is 5.77. The van der Waals surface area contributed by atoms with Crippen LogP contribution in [0.1, 0.15) is 46.7 Å². The first-order valence-corrected chi connectivity index (χ1v) is 10.0. The van der Waals surface area contributed by atoms with Gasteiger partial charge in [-0.3, -0.25) is 0 Å². The molecule has 4 rings (SSSR count). The van der Waals surface area contributed by atoms with Gasteiger partial charge in [-0.15, -0.1) is 0 Å². The van der Waals surface area contributed by atoms with Gasteiger partial charge in [-0.05, 0) is 55.0 Å². The lowest BCUT2D eigenvalue weighted by Crippen LogP contribution is -2.34. The number of carboxylic acids is 1. The quantitative estimate of drug-likeness (QED) is 0.710. The van der Waals surface area contributed by atoms with Crippen LogP contribution in [0.25, 0.3) is 0 Å². The summed E-state index contributed by atoms with van der Waals surface area (Å²) in [4.78, 5) is 17.5. The molecule has 2 aliphatic rings. The molecule has 0 amide bonds. The first-order chi connectivity index (χ1) is 14.3. The Balaban J connectivity index is 1.51. The lowest BCUT2D eigenvalue weighted by molar-refractivity contribution is -0.137. The Morgan fingerprint density at radius 1 is 1.13 bits per heavy atom. The Bertz CT molecular complexity index is 880. The summed E-state index contributed by atoms with van der Waals surface area (Å²) < 4.78 is 44.5. The second-order valence-corrected chi connectivity index (χ2v) is 8.05. The zero-order valence-corrected chi connectivity index (χ0v) is 16.3. The molecular formula is C22H23F3N2O3. The van der Waals surface area contributed by atoms with Crippen LogP contribution in [-0.4, -0.2) is 41.9 Å². The molecule has 1 unspecified atom stereocenters. The third-order valence-corrected chi connectivity index (χ3v) is 5.77. The molecule has 2 atom stereocenters. The van der Waals surface area contributed by atoms with Crippen LogP contribution in [0.4, 0.5) is 19.0 Å². The fourth-order valence-corrected chi connectivity index (χ4v) is 3.88. The highest BCUT2D eigenvalue weighted by Gasteiger charge is 2.35. The van der Waals surface area contributed by atoms with Crippen molar-refractivity contribution in [1.82, 2.24) is 4.98 Å². The number of anilines is 1. The summed E-state index contributed by atoms with van der Waals surface area (Å²) in [5, 5.41) is 9.08. The molecule has 2 heterocycles. The predicted octanol–water partition coefficient (Wildman–Crippen LogP) is 4.59. The molecule has 2 fully saturated rings.